The molecule has 13 aromatic rings. The Morgan fingerprint density at radius 2 is 1.04 bits per heavy atom. The van der Waals surface area contributed by atoms with Crippen LogP contribution in [0.15, 0.2) is 180 Å². The van der Waals surface area contributed by atoms with Crippen molar-refractivity contribution in [1.82, 2.24) is 14.5 Å². The van der Waals surface area contributed by atoms with Gasteiger partial charge in [0.2, 0.25) is 5.95 Å². The van der Waals surface area contributed by atoms with Crippen molar-refractivity contribution in [3.63, 3.8) is 0 Å². The van der Waals surface area contributed by atoms with Crippen LogP contribution in [0.25, 0.3) is 125 Å². The summed E-state index contributed by atoms with van der Waals surface area (Å²) in [4.78, 5) is 11.0. The third-order valence-electron chi connectivity index (χ3n) is 11.8. The number of hydrogen-bond acceptors (Lipinski definition) is 4. The molecule has 0 unspecified atom stereocenters. The Balaban J connectivity index is 1.26. The Kier molecular flexibility index (Phi) is 6.29. The minimum Gasteiger partial charge on any atom is -0.452 e. The van der Waals surface area contributed by atoms with Crippen LogP contribution in [0.4, 0.5) is 0 Å². The van der Waals surface area contributed by atoms with E-state index in [9.17, 15) is 0 Å². The van der Waals surface area contributed by atoms with Gasteiger partial charge in [0.1, 0.15) is 16.8 Å². The zero-order chi connectivity index (χ0) is 37.2. The number of thiophene rings is 1. The molecular formula is C52H29N3OS. The van der Waals surface area contributed by atoms with Crippen molar-refractivity contribution in [3.05, 3.63) is 176 Å². The Morgan fingerprint density at radius 3 is 1.82 bits per heavy atom. The van der Waals surface area contributed by atoms with Gasteiger partial charge in [0.15, 0.2) is 5.58 Å². The normalized spacial score (nSPS) is 12.2. The molecule has 0 N–H and O–H groups in total. The first-order chi connectivity index (χ1) is 28.3. The standard InChI is InChI=1S/C52H29N3OS/c1-2-15-30(16-3-1)31-17-14-18-32(29-31)47-50-48(38-24-9-12-27-41(38)56-50)54-52(53-47)55-40-26-11-8-23-37(40)45-43-35-21-6-4-19-33(35)34-20-5-7-22-36(34)44(43)46-39-25-10-13-28-42(39)57-51(46)49(45)55/h1-29H. The highest BCUT2D eigenvalue weighted by molar-refractivity contribution is 7.27. The van der Waals surface area contributed by atoms with Crippen molar-refractivity contribution in [2.24, 2.45) is 0 Å². The zero-order valence-corrected chi connectivity index (χ0v) is 31.2. The minimum absolute atomic E-state index is 0.614. The average molecular weight is 744 g/mol. The first kappa shape index (κ1) is 30.9. The van der Waals surface area contributed by atoms with E-state index in [0.717, 1.165) is 49.9 Å². The largest absolute Gasteiger partial charge is 0.452 e. The number of hydrogen-bond donors (Lipinski definition) is 0. The van der Waals surface area contributed by atoms with E-state index in [0.29, 0.717) is 11.5 Å². The molecule has 0 saturated carbocycles. The fourth-order valence-corrected chi connectivity index (χ4v) is 10.6. The van der Waals surface area contributed by atoms with Gasteiger partial charge >= 0.3 is 0 Å². The summed E-state index contributed by atoms with van der Waals surface area (Å²) in [5, 5.41) is 13.5. The van der Waals surface area contributed by atoms with Crippen LogP contribution >= 0.6 is 11.3 Å². The second-order valence-electron chi connectivity index (χ2n) is 14.8. The molecule has 0 amide bonds. The van der Waals surface area contributed by atoms with E-state index in [-0.39, 0.29) is 0 Å². The predicted molar refractivity (Wildman–Crippen MR) is 240 cm³/mol. The number of rotatable bonds is 3. The smallest absolute Gasteiger partial charge is 0.236 e. The van der Waals surface area contributed by atoms with Gasteiger partial charge in [-0.15, -0.1) is 11.3 Å². The predicted octanol–water partition coefficient (Wildman–Crippen LogP) is 14.6. The van der Waals surface area contributed by atoms with Gasteiger partial charge in [-0.25, -0.2) is 9.97 Å². The van der Waals surface area contributed by atoms with E-state index in [1.807, 2.05) is 23.5 Å². The van der Waals surface area contributed by atoms with Gasteiger partial charge in [-0.05, 0) is 63.0 Å². The summed E-state index contributed by atoms with van der Waals surface area (Å²) in [5.41, 5.74) is 8.45. The first-order valence-corrected chi connectivity index (χ1v) is 20.1. The quantitative estimate of drug-likeness (QED) is 0.169. The zero-order valence-electron chi connectivity index (χ0n) is 30.4. The molecule has 4 heterocycles. The van der Waals surface area contributed by atoms with E-state index in [4.69, 9.17) is 14.4 Å². The van der Waals surface area contributed by atoms with Gasteiger partial charge < -0.3 is 4.42 Å². The van der Waals surface area contributed by atoms with E-state index >= 15 is 0 Å². The molecule has 0 bridgehead atoms. The summed E-state index contributed by atoms with van der Waals surface area (Å²) in [5.74, 6) is 0.614. The molecule has 0 atom stereocenters. The lowest BCUT2D eigenvalue weighted by atomic mass is 9.89. The molecule has 13 rings (SSSR count). The van der Waals surface area contributed by atoms with Crippen LogP contribution in [0.3, 0.4) is 0 Å². The molecule has 4 nitrogen and oxygen atoms in total. The molecule has 0 fully saturated rings. The first-order valence-electron chi connectivity index (χ1n) is 19.3. The molecule has 0 radical (unpaired) electrons. The summed E-state index contributed by atoms with van der Waals surface area (Å²) >= 11 is 1.86. The van der Waals surface area contributed by atoms with E-state index in [2.05, 4.69) is 168 Å². The topological polar surface area (TPSA) is 43.9 Å². The Morgan fingerprint density at radius 1 is 0.439 bits per heavy atom. The maximum atomic E-state index is 6.66. The lowest BCUT2D eigenvalue weighted by molar-refractivity contribution is 0.666. The molecular weight excluding hydrogens is 715 g/mol. The number of benzene rings is 9. The summed E-state index contributed by atoms with van der Waals surface area (Å²) in [6.07, 6.45) is 0. The maximum Gasteiger partial charge on any atom is 0.236 e. The molecule has 264 valence electrons. The van der Waals surface area contributed by atoms with Crippen molar-refractivity contribution in [1.29, 1.82) is 0 Å². The van der Waals surface area contributed by atoms with Crippen molar-refractivity contribution in [2.75, 3.05) is 0 Å². The number of furan rings is 1. The van der Waals surface area contributed by atoms with Gasteiger partial charge in [0.25, 0.3) is 0 Å². The lowest BCUT2D eigenvalue weighted by Crippen LogP contribution is -2.03. The highest BCUT2D eigenvalue weighted by Crippen LogP contribution is 2.52. The molecule has 0 aliphatic rings. The lowest BCUT2D eigenvalue weighted by Gasteiger charge is -2.15. The maximum absolute atomic E-state index is 6.66. The Bertz CT molecular complexity index is 3820. The third-order valence-corrected chi connectivity index (χ3v) is 12.9. The Labute approximate surface area is 329 Å². The molecule has 0 aliphatic carbocycles. The van der Waals surface area contributed by atoms with Crippen LogP contribution in [0.5, 0.6) is 0 Å². The average Bonchev–Trinajstić information content (AvgIpc) is 3.96. The summed E-state index contributed by atoms with van der Waals surface area (Å²) in [7, 11) is 0. The number of para-hydroxylation sites is 2. The monoisotopic (exact) mass is 743 g/mol. The van der Waals surface area contributed by atoms with Crippen LogP contribution < -0.4 is 0 Å². The van der Waals surface area contributed by atoms with Crippen LogP contribution in [0.1, 0.15) is 0 Å². The van der Waals surface area contributed by atoms with Gasteiger partial charge in [0.05, 0.1) is 15.7 Å². The van der Waals surface area contributed by atoms with Gasteiger partial charge in [-0.3, -0.25) is 4.57 Å². The van der Waals surface area contributed by atoms with Gasteiger partial charge in [-0.1, -0.05) is 146 Å². The van der Waals surface area contributed by atoms with Gasteiger partial charge in [0, 0.05) is 48.0 Å². The molecule has 4 aromatic heterocycles. The number of fused-ring (bicyclic) bond motifs is 18. The van der Waals surface area contributed by atoms with Crippen LogP contribution in [-0.2, 0) is 0 Å². The van der Waals surface area contributed by atoms with Crippen LogP contribution in [0, 0.1) is 0 Å². The van der Waals surface area contributed by atoms with Crippen molar-refractivity contribution >= 4 is 108 Å². The van der Waals surface area contributed by atoms with E-state index in [1.54, 1.807) is 0 Å². The molecule has 5 heteroatoms. The summed E-state index contributed by atoms with van der Waals surface area (Å²) < 4.78 is 11.5. The minimum atomic E-state index is 0.614. The summed E-state index contributed by atoms with van der Waals surface area (Å²) in [6.45, 7) is 0. The van der Waals surface area contributed by atoms with Crippen molar-refractivity contribution in [2.45, 2.75) is 0 Å². The second kappa shape index (κ2) is 11.6. The molecule has 9 aromatic carbocycles. The number of aromatic nitrogens is 3. The van der Waals surface area contributed by atoms with Gasteiger partial charge in [-0.2, -0.15) is 0 Å². The second-order valence-corrected chi connectivity index (χ2v) is 15.9. The van der Waals surface area contributed by atoms with Crippen LogP contribution in [0.2, 0.25) is 0 Å². The molecule has 0 spiro atoms. The fraction of sp³-hybridized carbons (Fsp3) is 0. The third kappa shape index (κ3) is 4.26. The molecule has 57 heavy (non-hydrogen) atoms. The SMILES string of the molecule is c1ccc(-c2cccc(-c3nc(-n4c5ccccc5c5c6c7ccccc7c7ccccc7c6c6c7ccccc7sc6c54)nc4c3oc3ccccc34)c2)cc1. The number of nitrogens with zero attached hydrogens (tertiary/aromatic N) is 3. The highest BCUT2D eigenvalue weighted by Gasteiger charge is 2.27. The van der Waals surface area contributed by atoms with E-state index in [1.165, 1.54) is 63.3 Å². The summed E-state index contributed by atoms with van der Waals surface area (Å²) in [6, 6.07) is 62.8. The molecule has 0 saturated heterocycles. The fourth-order valence-electron chi connectivity index (χ4n) is 9.39. The Hall–Kier alpha value is -7.34. The highest BCUT2D eigenvalue weighted by atomic mass is 32.1. The van der Waals surface area contributed by atoms with Crippen molar-refractivity contribution in [3.8, 4) is 28.3 Å². The van der Waals surface area contributed by atoms with Crippen LogP contribution in [-0.4, -0.2) is 14.5 Å². The molecule has 0 aliphatic heterocycles. The van der Waals surface area contributed by atoms with Crippen molar-refractivity contribution < 1.29 is 4.42 Å². The van der Waals surface area contributed by atoms with E-state index < -0.39 is 0 Å².